The van der Waals surface area contributed by atoms with Crippen molar-refractivity contribution in [3.63, 3.8) is 0 Å². The summed E-state index contributed by atoms with van der Waals surface area (Å²) in [5, 5.41) is 0.424. The number of halogens is 1. The number of likely N-dealkylation sites (N-methyl/N-ethyl adjacent to an activating group) is 1. The number of carbonyl (C=O) groups is 2. The number of hydrogen-bond acceptors (Lipinski definition) is 3. The number of Topliss-reactive ketones (excluding diaryl/α,β-unsaturated/α-hetero) is 1. The Bertz CT molecular complexity index is 728. The van der Waals surface area contributed by atoms with Crippen molar-refractivity contribution in [1.82, 2.24) is 4.90 Å². The van der Waals surface area contributed by atoms with Crippen LogP contribution in [0.4, 0.5) is 0 Å². The van der Waals surface area contributed by atoms with Crippen molar-refractivity contribution in [2.45, 2.75) is 19.3 Å². The molecule has 0 aliphatic rings. The van der Waals surface area contributed by atoms with E-state index in [2.05, 4.69) is 0 Å². The minimum absolute atomic E-state index is 0.0473. The number of hydrogen-bond donors (Lipinski definition) is 0. The molecule has 0 atom stereocenters. The molecule has 0 aliphatic carbocycles. The van der Waals surface area contributed by atoms with Crippen LogP contribution in [0.15, 0.2) is 48.5 Å². The molecule has 2 aromatic carbocycles. The first-order valence-electron chi connectivity index (χ1n) is 8.16. The first kappa shape index (κ1) is 19.0. The Morgan fingerprint density at radius 1 is 1.04 bits per heavy atom. The molecule has 5 heteroatoms. The van der Waals surface area contributed by atoms with Crippen molar-refractivity contribution < 1.29 is 14.3 Å². The highest BCUT2D eigenvalue weighted by Gasteiger charge is 2.14. The van der Waals surface area contributed by atoms with Gasteiger partial charge < -0.3 is 9.64 Å². The molecule has 0 bridgehead atoms. The molecule has 0 spiro atoms. The van der Waals surface area contributed by atoms with Gasteiger partial charge in [-0.3, -0.25) is 9.59 Å². The van der Waals surface area contributed by atoms with Gasteiger partial charge in [0.15, 0.2) is 5.78 Å². The maximum atomic E-state index is 12.2. The summed E-state index contributed by atoms with van der Waals surface area (Å²) in [7, 11) is 3.39. The quantitative estimate of drug-likeness (QED) is 0.669. The van der Waals surface area contributed by atoms with Crippen molar-refractivity contribution in [3.05, 3.63) is 64.7 Å². The van der Waals surface area contributed by atoms with Crippen LogP contribution in [0.5, 0.6) is 5.75 Å². The number of amides is 1. The largest absolute Gasteiger partial charge is 0.497 e. The van der Waals surface area contributed by atoms with Gasteiger partial charge in [-0.05, 0) is 36.2 Å². The summed E-state index contributed by atoms with van der Waals surface area (Å²) < 4.78 is 5.13. The number of rotatable bonds is 8. The fraction of sp³-hybridized carbons (Fsp3) is 0.300. The highest BCUT2D eigenvalue weighted by molar-refractivity contribution is 6.34. The summed E-state index contributed by atoms with van der Waals surface area (Å²) in [4.78, 5) is 26.0. The van der Waals surface area contributed by atoms with Crippen LogP contribution in [0, 0.1) is 0 Å². The van der Waals surface area contributed by atoms with E-state index in [9.17, 15) is 9.59 Å². The summed E-state index contributed by atoms with van der Waals surface area (Å²) in [6, 6.07) is 14.7. The molecular formula is C20H22ClNO3. The second-order valence-electron chi connectivity index (χ2n) is 5.82. The Morgan fingerprint density at radius 3 is 2.36 bits per heavy atom. The van der Waals surface area contributed by atoms with Crippen molar-refractivity contribution in [2.24, 2.45) is 0 Å². The highest BCUT2D eigenvalue weighted by atomic mass is 35.5. The number of methoxy groups -OCH3 is 1. The van der Waals surface area contributed by atoms with Gasteiger partial charge in [-0.25, -0.2) is 0 Å². The van der Waals surface area contributed by atoms with Crippen molar-refractivity contribution >= 4 is 23.3 Å². The molecule has 0 heterocycles. The van der Waals surface area contributed by atoms with Crippen LogP contribution in [0.25, 0.3) is 0 Å². The lowest BCUT2D eigenvalue weighted by Crippen LogP contribution is -2.29. The Morgan fingerprint density at radius 2 is 1.72 bits per heavy atom. The molecule has 2 rings (SSSR count). The van der Waals surface area contributed by atoms with Gasteiger partial charge in [0.1, 0.15) is 5.75 Å². The third kappa shape index (κ3) is 5.61. The molecular weight excluding hydrogens is 338 g/mol. The summed E-state index contributed by atoms with van der Waals surface area (Å²) >= 11 is 6.01. The third-order valence-corrected chi connectivity index (χ3v) is 4.39. The Balaban J connectivity index is 1.79. The second-order valence-corrected chi connectivity index (χ2v) is 6.22. The van der Waals surface area contributed by atoms with E-state index in [0.29, 0.717) is 17.1 Å². The van der Waals surface area contributed by atoms with Crippen LogP contribution in [0.3, 0.4) is 0 Å². The van der Waals surface area contributed by atoms with E-state index in [1.807, 2.05) is 24.3 Å². The fourth-order valence-electron chi connectivity index (χ4n) is 2.45. The van der Waals surface area contributed by atoms with E-state index in [0.717, 1.165) is 17.7 Å². The lowest BCUT2D eigenvalue weighted by atomic mass is 10.1. The van der Waals surface area contributed by atoms with Crippen molar-refractivity contribution in [2.75, 3.05) is 20.7 Å². The highest BCUT2D eigenvalue weighted by Crippen LogP contribution is 2.17. The monoisotopic (exact) mass is 359 g/mol. The van der Waals surface area contributed by atoms with Crippen molar-refractivity contribution in [3.8, 4) is 5.75 Å². The van der Waals surface area contributed by atoms with Gasteiger partial charge in [-0.2, -0.15) is 0 Å². The van der Waals surface area contributed by atoms with Gasteiger partial charge in [0.05, 0.1) is 12.1 Å². The first-order valence-corrected chi connectivity index (χ1v) is 8.53. The van der Waals surface area contributed by atoms with Crippen LogP contribution >= 0.6 is 11.6 Å². The Labute approximate surface area is 153 Å². The minimum atomic E-state index is -0.109. The average Bonchev–Trinajstić information content (AvgIpc) is 2.64. The normalized spacial score (nSPS) is 10.4. The molecule has 25 heavy (non-hydrogen) atoms. The van der Waals surface area contributed by atoms with Crippen LogP contribution in [-0.4, -0.2) is 37.3 Å². The van der Waals surface area contributed by atoms with Gasteiger partial charge in [-0.15, -0.1) is 0 Å². The predicted molar refractivity (Wildman–Crippen MR) is 99.4 cm³/mol. The fourth-order valence-corrected chi connectivity index (χ4v) is 2.69. The third-order valence-electron chi connectivity index (χ3n) is 4.06. The summed E-state index contributed by atoms with van der Waals surface area (Å²) in [5.41, 5.74) is 1.60. The maximum absolute atomic E-state index is 12.2. The lowest BCUT2D eigenvalue weighted by Gasteiger charge is -2.17. The maximum Gasteiger partial charge on any atom is 0.222 e. The second kappa shape index (κ2) is 9.23. The Hall–Kier alpha value is -2.33. The standard InChI is InChI=1S/C20H22ClNO3/c1-22(14-13-15-7-9-16(25-2)10-8-15)20(24)12-11-19(23)17-5-3-4-6-18(17)21/h3-10H,11-14H2,1-2H3. The predicted octanol–water partition coefficient (Wildman–Crippen LogP) is 4.01. The van der Waals surface area contributed by atoms with Crippen LogP contribution < -0.4 is 4.74 Å². The molecule has 0 unspecified atom stereocenters. The zero-order chi connectivity index (χ0) is 18.2. The summed E-state index contributed by atoms with van der Waals surface area (Å²) in [6.07, 6.45) is 1.10. The van der Waals surface area contributed by atoms with E-state index in [-0.39, 0.29) is 24.5 Å². The molecule has 0 saturated heterocycles. The van der Waals surface area contributed by atoms with E-state index in [1.165, 1.54) is 0 Å². The van der Waals surface area contributed by atoms with Gasteiger partial charge in [0.2, 0.25) is 5.91 Å². The Kier molecular flexibility index (Phi) is 7.02. The molecule has 0 radical (unpaired) electrons. The molecule has 132 valence electrons. The van der Waals surface area contributed by atoms with Gasteiger partial charge in [-0.1, -0.05) is 35.9 Å². The topological polar surface area (TPSA) is 46.6 Å². The summed E-state index contributed by atoms with van der Waals surface area (Å²) in [6.45, 7) is 0.603. The lowest BCUT2D eigenvalue weighted by molar-refractivity contribution is -0.129. The zero-order valence-electron chi connectivity index (χ0n) is 14.5. The van der Waals surface area contributed by atoms with Gasteiger partial charge in [0, 0.05) is 32.0 Å². The summed E-state index contributed by atoms with van der Waals surface area (Å²) in [5.74, 6) is 0.655. The van der Waals surface area contributed by atoms with Gasteiger partial charge >= 0.3 is 0 Å². The molecule has 2 aromatic rings. The molecule has 0 N–H and O–H groups in total. The smallest absolute Gasteiger partial charge is 0.222 e. The molecule has 0 fully saturated rings. The molecule has 0 aliphatic heterocycles. The molecule has 4 nitrogen and oxygen atoms in total. The van der Waals surface area contributed by atoms with Crippen LogP contribution in [-0.2, 0) is 11.2 Å². The number of benzene rings is 2. The zero-order valence-corrected chi connectivity index (χ0v) is 15.3. The minimum Gasteiger partial charge on any atom is -0.497 e. The molecule has 0 aromatic heterocycles. The number of nitrogens with zero attached hydrogens (tertiary/aromatic N) is 1. The SMILES string of the molecule is COc1ccc(CCN(C)C(=O)CCC(=O)c2ccccc2Cl)cc1. The van der Waals surface area contributed by atoms with E-state index < -0.39 is 0 Å². The number of carbonyl (C=O) groups excluding carboxylic acids is 2. The molecule has 0 saturated carbocycles. The van der Waals surface area contributed by atoms with Crippen LogP contribution in [0.2, 0.25) is 5.02 Å². The van der Waals surface area contributed by atoms with E-state index in [1.54, 1.807) is 43.3 Å². The first-order chi connectivity index (χ1) is 12.0. The average molecular weight is 360 g/mol. The van der Waals surface area contributed by atoms with Crippen molar-refractivity contribution in [1.29, 1.82) is 0 Å². The molecule has 1 amide bonds. The van der Waals surface area contributed by atoms with Gasteiger partial charge in [0.25, 0.3) is 0 Å². The number of ketones is 1. The van der Waals surface area contributed by atoms with E-state index in [4.69, 9.17) is 16.3 Å². The van der Waals surface area contributed by atoms with E-state index >= 15 is 0 Å². The number of ether oxygens (including phenoxy) is 1. The van der Waals surface area contributed by atoms with Crippen LogP contribution in [0.1, 0.15) is 28.8 Å².